The Bertz CT molecular complexity index is 564. The fraction of sp³-hybridized carbons (Fsp3) is 0.308. The van der Waals surface area contributed by atoms with Gasteiger partial charge < -0.3 is 15.8 Å². The first kappa shape index (κ1) is 13.9. The molecule has 7 heteroatoms. The molecule has 20 heavy (non-hydrogen) atoms. The number of ether oxygens (including phenoxy) is 1. The van der Waals surface area contributed by atoms with Crippen molar-refractivity contribution in [3.05, 3.63) is 36.4 Å². The number of carbonyl (C=O) groups excluding carboxylic acids is 1. The second-order valence-corrected chi connectivity index (χ2v) is 4.28. The summed E-state index contributed by atoms with van der Waals surface area (Å²) in [6.07, 6.45) is 1.86. The van der Waals surface area contributed by atoms with E-state index in [1.165, 1.54) is 0 Å². The van der Waals surface area contributed by atoms with Crippen LogP contribution in [0.1, 0.15) is 12.2 Å². The van der Waals surface area contributed by atoms with E-state index in [1.54, 1.807) is 42.3 Å². The van der Waals surface area contributed by atoms with E-state index in [4.69, 9.17) is 10.5 Å². The lowest BCUT2D eigenvalue weighted by Crippen LogP contribution is -2.25. The number of nitrogens with one attached hydrogen (secondary N) is 1. The average Bonchev–Trinajstić information content (AvgIpc) is 2.85. The van der Waals surface area contributed by atoms with Crippen LogP contribution in [0.4, 0.5) is 5.69 Å². The largest absolute Gasteiger partial charge is 0.493 e. The van der Waals surface area contributed by atoms with Crippen LogP contribution >= 0.6 is 0 Å². The molecule has 0 aliphatic rings. The molecule has 1 aromatic heterocycles. The zero-order valence-electron chi connectivity index (χ0n) is 11.2. The smallest absolute Gasteiger partial charge is 0.223 e. The monoisotopic (exact) mass is 275 g/mol. The summed E-state index contributed by atoms with van der Waals surface area (Å²) < 4.78 is 7.03. The van der Waals surface area contributed by atoms with Crippen molar-refractivity contribution in [2.24, 2.45) is 7.05 Å². The van der Waals surface area contributed by atoms with Crippen LogP contribution < -0.4 is 15.8 Å². The Balaban J connectivity index is 1.66. The highest BCUT2D eigenvalue weighted by Gasteiger charge is 2.04. The molecule has 0 unspecified atom stereocenters. The normalized spacial score (nSPS) is 10.2. The van der Waals surface area contributed by atoms with Crippen LogP contribution in [0.5, 0.6) is 5.75 Å². The molecule has 0 aliphatic heterocycles. The molecule has 106 valence electrons. The van der Waals surface area contributed by atoms with E-state index in [0.717, 1.165) is 0 Å². The molecule has 7 nitrogen and oxygen atoms in total. The lowest BCUT2D eigenvalue weighted by atomic mass is 10.3. The van der Waals surface area contributed by atoms with Crippen LogP contribution in [0.15, 0.2) is 30.6 Å². The summed E-state index contributed by atoms with van der Waals surface area (Å²) in [6.45, 7) is 0.632. The Labute approximate surface area is 116 Å². The first-order valence-corrected chi connectivity index (χ1v) is 6.23. The third-order valence-corrected chi connectivity index (χ3v) is 2.57. The molecule has 1 amide bonds. The molecule has 3 N–H and O–H groups in total. The summed E-state index contributed by atoms with van der Waals surface area (Å²) in [7, 11) is 1.78. The fourth-order valence-electron chi connectivity index (χ4n) is 1.56. The Kier molecular flexibility index (Phi) is 4.54. The molecule has 2 rings (SSSR count). The summed E-state index contributed by atoms with van der Waals surface area (Å²) in [5.74, 6) is 1.17. The van der Waals surface area contributed by atoms with Crippen molar-refractivity contribution in [1.29, 1.82) is 0 Å². The van der Waals surface area contributed by atoms with Gasteiger partial charge in [0, 0.05) is 12.7 Å². The number of amides is 1. The van der Waals surface area contributed by atoms with E-state index in [1.807, 2.05) is 0 Å². The van der Waals surface area contributed by atoms with Gasteiger partial charge in [-0.05, 0) is 24.3 Å². The zero-order valence-corrected chi connectivity index (χ0v) is 11.2. The quantitative estimate of drug-likeness (QED) is 0.748. The Morgan fingerprint density at radius 3 is 2.80 bits per heavy atom. The number of hydrogen-bond donors (Lipinski definition) is 2. The number of nitrogen functional groups attached to an aromatic ring is 1. The second kappa shape index (κ2) is 6.55. The molecule has 0 saturated heterocycles. The molecule has 0 radical (unpaired) electrons. The topological polar surface area (TPSA) is 95.1 Å². The minimum Gasteiger partial charge on any atom is -0.493 e. The first-order valence-electron chi connectivity index (χ1n) is 6.23. The van der Waals surface area contributed by atoms with Crippen molar-refractivity contribution >= 4 is 11.6 Å². The molecule has 1 aromatic carbocycles. The lowest BCUT2D eigenvalue weighted by Gasteiger charge is -2.06. The first-order chi connectivity index (χ1) is 9.63. The summed E-state index contributed by atoms with van der Waals surface area (Å²) in [5.41, 5.74) is 6.25. The van der Waals surface area contributed by atoms with Gasteiger partial charge in [-0.2, -0.15) is 5.10 Å². The van der Waals surface area contributed by atoms with Gasteiger partial charge in [0.25, 0.3) is 0 Å². The van der Waals surface area contributed by atoms with Gasteiger partial charge in [-0.1, -0.05) is 0 Å². The summed E-state index contributed by atoms with van der Waals surface area (Å²) in [6, 6.07) is 7.04. The molecule has 0 fully saturated rings. The number of rotatable bonds is 6. The van der Waals surface area contributed by atoms with Crippen LogP contribution in [0, 0.1) is 0 Å². The molecular formula is C13H17N5O2. The minimum absolute atomic E-state index is 0.104. The number of aromatic nitrogens is 3. The maximum absolute atomic E-state index is 11.6. The van der Waals surface area contributed by atoms with Crippen molar-refractivity contribution in [3.8, 4) is 5.75 Å². The maximum Gasteiger partial charge on any atom is 0.223 e. The fourth-order valence-corrected chi connectivity index (χ4v) is 1.56. The van der Waals surface area contributed by atoms with Crippen molar-refractivity contribution in [1.82, 2.24) is 20.1 Å². The van der Waals surface area contributed by atoms with E-state index >= 15 is 0 Å². The number of carbonyl (C=O) groups is 1. The minimum atomic E-state index is -0.104. The highest BCUT2D eigenvalue weighted by molar-refractivity contribution is 5.75. The molecule has 0 bridgehead atoms. The van der Waals surface area contributed by atoms with Crippen molar-refractivity contribution < 1.29 is 9.53 Å². The number of hydrogen-bond acceptors (Lipinski definition) is 5. The zero-order chi connectivity index (χ0) is 14.4. The van der Waals surface area contributed by atoms with Gasteiger partial charge in [0.2, 0.25) is 5.91 Å². The Hall–Kier alpha value is -2.57. The average molecular weight is 275 g/mol. The molecular weight excluding hydrogens is 258 g/mol. The van der Waals surface area contributed by atoms with Crippen LogP contribution in [0.2, 0.25) is 0 Å². The highest BCUT2D eigenvalue weighted by atomic mass is 16.5. The molecule has 0 spiro atoms. The molecule has 1 heterocycles. The van der Waals surface area contributed by atoms with Gasteiger partial charge in [-0.3, -0.25) is 9.48 Å². The van der Waals surface area contributed by atoms with Crippen molar-refractivity contribution in [3.63, 3.8) is 0 Å². The van der Waals surface area contributed by atoms with Gasteiger partial charge in [-0.15, -0.1) is 0 Å². The van der Waals surface area contributed by atoms with Gasteiger partial charge in [0.15, 0.2) is 5.82 Å². The van der Waals surface area contributed by atoms with Crippen molar-refractivity contribution in [2.75, 3.05) is 12.3 Å². The number of nitrogens with two attached hydrogens (primary N) is 1. The van der Waals surface area contributed by atoms with Gasteiger partial charge in [0.1, 0.15) is 12.1 Å². The molecule has 0 saturated carbocycles. The van der Waals surface area contributed by atoms with Crippen LogP contribution in [0.3, 0.4) is 0 Å². The number of nitrogens with zero attached hydrogens (tertiary/aromatic N) is 3. The number of benzene rings is 1. The summed E-state index contributed by atoms with van der Waals surface area (Å²) in [5, 5.41) is 6.80. The third-order valence-electron chi connectivity index (χ3n) is 2.57. The van der Waals surface area contributed by atoms with Crippen molar-refractivity contribution in [2.45, 2.75) is 13.0 Å². The number of aryl methyl sites for hydroxylation is 1. The van der Waals surface area contributed by atoms with Gasteiger partial charge in [0.05, 0.1) is 19.6 Å². The van der Waals surface area contributed by atoms with Crippen LogP contribution in [-0.2, 0) is 18.4 Å². The van der Waals surface area contributed by atoms with Crippen LogP contribution in [0.25, 0.3) is 0 Å². The molecule has 0 aliphatic carbocycles. The SMILES string of the molecule is Cn1cnc(CNC(=O)CCOc2ccc(N)cc2)n1. The highest BCUT2D eigenvalue weighted by Crippen LogP contribution is 2.12. The standard InChI is InChI=1S/C13H17N5O2/c1-18-9-16-12(17-18)8-15-13(19)6-7-20-11-4-2-10(14)3-5-11/h2-5,9H,6-8,14H2,1H3,(H,15,19). The van der Waals surface area contributed by atoms with E-state index in [-0.39, 0.29) is 12.3 Å². The van der Waals surface area contributed by atoms with E-state index in [0.29, 0.717) is 30.4 Å². The summed E-state index contributed by atoms with van der Waals surface area (Å²) in [4.78, 5) is 15.6. The Morgan fingerprint density at radius 2 is 2.15 bits per heavy atom. The Morgan fingerprint density at radius 1 is 1.40 bits per heavy atom. The molecule has 2 aromatic rings. The van der Waals surface area contributed by atoms with Gasteiger partial charge >= 0.3 is 0 Å². The number of anilines is 1. The van der Waals surface area contributed by atoms with E-state index in [2.05, 4.69) is 15.4 Å². The molecule has 0 atom stereocenters. The van der Waals surface area contributed by atoms with Gasteiger partial charge in [-0.25, -0.2) is 4.98 Å². The lowest BCUT2D eigenvalue weighted by molar-refractivity contribution is -0.121. The predicted octanol–water partition coefficient (Wildman–Crippen LogP) is 0.483. The van der Waals surface area contributed by atoms with E-state index in [9.17, 15) is 4.79 Å². The second-order valence-electron chi connectivity index (χ2n) is 4.28. The maximum atomic E-state index is 11.6. The third kappa shape index (κ3) is 4.27. The van der Waals surface area contributed by atoms with E-state index < -0.39 is 0 Å². The summed E-state index contributed by atoms with van der Waals surface area (Å²) >= 11 is 0. The van der Waals surface area contributed by atoms with Crippen LogP contribution in [-0.4, -0.2) is 27.3 Å². The predicted molar refractivity (Wildman–Crippen MR) is 73.8 cm³/mol.